The summed E-state index contributed by atoms with van der Waals surface area (Å²) in [5, 5.41) is 20.0. The molecule has 0 aliphatic carbocycles. The third-order valence-corrected chi connectivity index (χ3v) is 28.0. The van der Waals surface area contributed by atoms with Crippen molar-refractivity contribution in [2.75, 3.05) is 0 Å². The molecule has 29 aromatic rings. The highest BCUT2D eigenvalue weighted by molar-refractivity contribution is 6.21. The smallest absolute Gasteiger partial charge is 0.164 e. The molecule has 0 atom stereocenters. The Morgan fingerprint density at radius 2 is 0.381 bits per heavy atom. The molecule has 6 aromatic heterocycles. The monoisotopic (exact) mass is 1880 g/mol. The van der Waals surface area contributed by atoms with E-state index in [1.54, 1.807) is 0 Å². The number of benzene rings is 23. The van der Waals surface area contributed by atoms with Crippen LogP contribution in [0.4, 0.5) is 0 Å². The van der Waals surface area contributed by atoms with E-state index in [0.717, 1.165) is 187 Å². The molecule has 0 amide bonds. The van der Waals surface area contributed by atoms with Crippen molar-refractivity contribution in [1.82, 2.24) is 44.9 Å². The molecule has 29 rings (SSSR count). The molecular formula is C135H83N9O3. The number of nitrogens with zero attached hydrogens (tertiary/aromatic N) is 9. The van der Waals surface area contributed by atoms with E-state index >= 15 is 0 Å². The molecule has 6 heterocycles. The third kappa shape index (κ3) is 16.0. The molecule has 0 saturated carbocycles. The highest BCUT2D eigenvalue weighted by Crippen LogP contribution is 2.47. The SMILES string of the molecule is c1ccc(-c2ccc(-c3nc(-c4ccc5c(c4)c(-c4ccccc4)cc4ccccc45)nc(-c4cccc5oc6ccccc6c45)n3)cc2)cc1.c1ccc(-c2cccc(-c3nc(-c4cc5ccccc5c5ccc(-c6ccccc6)cc45)nc(-c4cccc5oc6ccccc6c45)n3)c2)cc1.c1ccc(-c2nc(-c3cccc4oc5ccccc5c34)nc(-c3ccc(-c4ccccc4)c4ccc5ccccc5c34)n2)cc1. The molecule has 147 heavy (non-hydrogen) atoms. The Morgan fingerprint density at radius 3 is 0.864 bits per heavy atom. The Balaban J connectivity index is 0.000000109. The van der Waals surface area contributed by atoms with Crippen LogP contribution in [0.2, 0.25) is 0 Å². The van der Waals surface area contributed by atoms with Crippen molar-refractivity contribution in [2.45, 2.75) is 0 Å². The van der Waals surface area contributed by atoms with E-state index in [9.17, 15) is 0 Å². The molecule has 686 valence electrons. The van der Waals surface area contributed by atoms with Gasteiger partial charge in [-0.2, -0.15) is 0 Å². The van der Waals surface area contributed by atoms with Gasteiger partial charge in [-0.3, -0.25) is 0 Å². The van der Waals surface area contributed by atoms with Gasteiger partial charge in [0.25, 0.3) is 0 Å². The lowest BCUT2D eigenvalue weighted by Crippen LogP contribution is -2.01. The van der Waals surface area contributed by atoms with Crippen LogP contribution in [0.15, 0.2) is 517 Å². The highest BCUT2D eigenvalue weighted by atomic mass is 16.3. The summed E-state index contributed by atoms with van der Waals surface area (Å²) >= 11 is 0. The van der Waals surface area contributed by atoms with E-state index in [1.807, 2.05) is 140 Å². The van der Waals surface area contributed by atoms with E-state index < -0.39 is 0 Å². The maximum atomic E-state index is 6.30. The van der Waals surface area contributed by atoms with Gasteiger partial charge in [0.15, 0.2) is 52.4 Å². The molecule has 0 aliphatic heterocycles. The van der Waals surface area contributed by atoms with E-state index in [2.05, 4.69) is 364 Å². The fraction of sp³-hybridized carbons (Fsp3) is 0. The van der Waals surface area contributed by atoms with E-state index in [-0.39, 0.29) is 0 Å². The van der Waals surface area contributed by atoms with Crippen molar-refractivity contribution in [3.8, 4) is 158 Å². The van der Waals surface area contributed by atoms with Crippen LogP contribution in [0.5, 0.6) is 0 Å². The Bertz CT molecular complexity index is 10200. The van der Waals surface area contributed by atoms with Crippen LogP contribution < -0.4 is 0 Å². The second-order valence-electron chi connectivity index (χ2n) is 36.8. The van der Waals surface area contributed by atoms with Crippen LogP contribution in [-0.2, 0) is 0 Å². The minimum atomic E-state index is 0.595. The van der Waals surface area contributed by atoms with Crippen LogP contribution in [0.3, 0.4) is 0 Å². The van der Waals surface area contributed by atoms with Gasteiger partial charge < -0.3 is 13.3 Å². The number of rotatable bonds is 14. The Morgan fingerprint density at radius 1 is 0.109 bits per heavy atom. The van der Waals surface area contributed by atoms with Crippen LogP contribution in [-0.4, -0.2) is 44.9 Å². The van der Waals surface area contributed by atoms with E-state index in [1.165, 1.54) is 49.2 Å². The van der Waals surface area contributed by atoms with Crippen molar-refractivity contribution in [2.24, 2.45) is 0 Å². The molecule has 12 heteroatoms. The first-order chi connectivity index (χ1) is 72.8. The molecular weight excluding hydrogens is 1800 g/mol. The zero-order valence-corrected chi connectivity index (χ0v) is 79.2. The van der Waals surface area contributed by atoms with Gasteiger partial charge in [-0.1, -0.05) is 431 Å². The van der Waals surface area contributed by atoms with Crippen LogP contribution in [0.1, 0.15) is 0 Å². The van der Waals surface area contributed by atoms with Gasteiger partial charge in [-0.25, -0.2) is 44.9 Å². The predicted octanol–water partition coefficient (Wildman–Crippen LogP) is 35.6. The van der Waals surface area contributed by atoms with Crippen LogP contribution in [0.25, 0.3) is 289 Å². The van der Waals surface area contributed by atoms with Gasteiger partial charge in [0.2, 0.25) is 0 Å². The standard InChI is InChI=1S/2C47H29N3O.C41H25N3O/c1-3-13-30(14-4-1)32-18-11-19-35(27-32)45-48-46(39-22-12-24-43-44(39)38-21-9-10-23-42(38)51-43)50-47(49-45)41-29-34-17-7-8-20-36(34)37-26-25-33(28-40(37)41)31-15-5-2-6-16-31;1-3-12-30(13-4-1)31-22-24-33(25-23-31)45-48-46(50-47(49-45)39-19-11-21-43-44(39)38-18-9-10-20-42(38)51-43)35-26-27-37-36-17-8-7-16-34(36)28-40(41(37)29-35)32-14-5-2-6-15-32;1-3-12-26(13-4-1)29-24-25-34(37-30-17-8-7-14-27(30)22-23-31(29)37)41-43-39(28-15-5-2-6-16-28)42-40(44-41)33-19-11-21-36-38(33)32-18-9-10-20-35(32)45-36/h2*1-29H;1-25H. The zero-order chi connectivity index (χ0) is 97.2. The Labute approximate surface area is 844 Å². The predicted molar refractivity (Wildman–Crippen MR) is 602 cm³/mol. The lowest BCUT2D eigenvalue weighted by molar-refractivity contribution is 0.668. The average Bonchev–Trinajstić information content (AvgIpc) is 1.50. The first-order valence-electron chi connectivity index (χ1n) is 49.3. The largest absolute Gasteiger partial charge is 0.456 e. The molecule has 0 spiro atoms. The number of para-hydroxylation sites is 3. The molecule has 0 fully saturated rings. The lowest BCUT2D eigenvalue weighted by atomic mass is 9.91. The topological polar surface area (TPSA) is 155 Å². The molecule has 12 nitrogen and oxygen atoms in total. The van der Waals surface area contributed by atoms with Crippen LogP contribution in [0, 0.1) is 0 Å². The van der Waals surface area contributed by atoms with E-state index in [4.69, 9.17) is 58.1 Å². The normalized spacial score (nSPS) is 11.5. The Hall–Kier alpha value is -20.0. The summed E-state index contributed by atoms with van der Waals surface area (Å²) in [7, 11) is 0. The average molecular weight is 1880 g/mol. The summed E-state index contributed by atoms with van der Waals surface area (Å²) in [6.07, 6.45) is 0. The fourth-order valence-electron chi connectivity index (χ4n) is 21.0. The van der Waals surface area contributed by atoms with Crippen LogP contribution >= 0.6 is 0 Å². The van der Waals surface area contributed by atoms with Crippen molar-refractivity contribution in [3.63, 3.8) is 0 Å². The molecule has 0 N–H and O–H groups in total. The van der Waals surface area contributed by atoms with Crippen molar-refractivity contribution < 1.29 is 13.3 Å². The van der Waals surface area contributed by atoms with Gasteiger partial charge >= 0.3 is 0 Å². The number of furan rings is 3. The molecule has 0 unspecified atom stereocenters. The summed E-state index contributed by atoms with van der Waals surface area (Å²) in [4.78, 5) is 46.8. The summed E-state index contributed by atoms with van der Waals surface area (Å²) < 4.78 is 18.8. The van der Waals surface area contributed by atoms with Gasteiger partial charge in [-0.05, 0) is 188 Å². The second kappa shape index (κ2) is 36.9. The number of hydrogen-bond acceptors (Lipinski definition) is 12. The minimum Gasteiger partial charge on any atom is -0.456 e. The number of aromatic nitrogens is 9. The maximum Gasteiger partial charge on any atom is 0.164 e. The second-order valence-corrected chi connectivity index (χ2v) is 36.8. The summed E-state index contributed by atoms with van der Waals surface area (Å²) in [5.74, 6) is 5.51. The molecule has 0 radical (unpaired) electrons. The first kappa shape index (κ1) is 86.2. The molecule has 0 saturated heterocycles. The van der Waals surface area contributed by atoms with Crippen molar-refractivity contribution in [1.29, 1.82) is 0 Å². The molecule has 0 bridgehead atoms. The fourth-order valence-corrected chi connectivity index (χ4v) is 21.0. The van der Waals surface area contributed by atoms with Crippen molar-refractivity contribution >= 4 is 130 Å². The van der Waals surface area contributed by atoms with Gasteiger partial charge in [0.1, 0.15) is 33.5 Å². The minimum absolute atomic E-state index is 0.595. The van der Waals surface area contributed by atoms with Gasteiger partial charge in [0.05, 0.1) is 0 Å². The Kier molecular flexibility index (Phi) is 21.6. The lowest BCUT2D eigenvalue weighted by Gasteiger charge is -2.15. The number of fused-ring (bicyclic) bond motifs is 18. The molecule has 23 aromatic carbocycles. The maximum absolute atomic E-state index is 6.30. The third-order valence-electron chi connectivity index (χ3n) is 28.0. The summed E-state index contributed by atoms with van der Waals surface area (Å²) in [5.41, 5.74) is 24.7. The zero-order valence-electron chi connectivity index (χ0n) is 79.2. The van der Waals surface area contributed by atoms with Gasteiger partial charge in [0, 0.05) is 87.8 Å². The first-order valence-corrected chi connectivity index (χ1v) is 49.3. The quantitative estimate of drug-likeness (QED) is 0.0951. The highest BCUT2D eigenvalue weighted by Gasteiger charge is 2.27. The summed E-state index contributed by atoms with van der Waals surface area (Å²) in [6.45, 7) is 0. The van der Waals surface area contributed by atoms with Gasteiger partial charge in [-0.15, -0.1) is 0 Å². The summed E-state index contributed by atoms with van der Waals surface area (Å²) in [6, 6.07) is 174. The molecule has 0 aliphatic rings. The number of hydrogen-bond donors (Lipinski definition) is 0. The van der Waals surface area contributed by atoms with Crippen molar-refractivity contribution in [3.05, 3.63) is 504 Å². The van der Waals surface area contributed by atoms with E-state index in [0.29, 0.717) is 52.4 Å².